The highest BCUT2D eigenvalue weighted by Crippen LogP contribution is 1.94. The quantitative estimate of drug-likeness (QED) is 0.163. The Kier molecular flexibility index (Phi) is 8.52. The van der Waals surface area contributed by atoms with E-state index in [1.807, 2.05) is 6.92 Å². The van der Waals surface area contributed by atoms with E-state index in [0.29, 0.717) is 6.61 Å². The van der Waals surface area contributed by atoms with Crippen LogP contribution in [0, 0.1) is 0 Å². The first-order chi connectivity index (χ1) is 7.67. The van der Waals surface area contributed by atoms with Crippen LogP contribution in [0.5, 0.6) is 0 Å². The zero-order chi connectivity index (χ0) is 12.4. The molecule has 16 heavy (non-hydrogen) atoms. The van der Waals surface area contributed by atoms with E-state index in [9.17, 15) is 9.59 Å². The van der Waals surface area contributed by atoms with Gasteiger partial charge in [-0.25, -0.2) is 4.79 Å². The molecule has 0 heterocycles. The third-order valence-corrected chi connectivity index (χ3v) is 1.84. The summed E-state index contributed by atoms with van der Waals surface area (Å²) < 4.78 is 4.65. The minimum absolute atomic E-state index is 0.169. The maximum Gasteiger partial charge on any atom is 0.364 e. The molecule has 0 saturated heterocycles. The summed E-state index contributed by atoms with van der Waals surface area (Å²) in [5, 5.41) is 3.46. The van der Waals surface area contributed by atoms with E-state index in [1.54, 1.807) is 6.92 Å². The molecule has 0 saturated carbocycles. The minimum Gasteiger partial charge on any atom is -0.461 e. The van der Waals surface area contributed by atoms with Gasteiger partial charge < -0.3 is 9.57 Å². The molecule has 0 aliphatic carbocycles. The lowest BCUT2D eigenvalue weighted by Crippen LogP contribution is -2.27. The van der Waals surface area contributed by atoms with Crippen molar-refractivity contribution in [2.45, 2.75) is 26.7 Å². The van der Waals surface area contributed by atoms with Crippen LogP contribution < -0.4 is 0 Å². The number of esters is 1. The molecule has 0 aliphatic rings. The molecule has 0 atom stereocenters. The molecule has 0 aromatic rings. The van der Waals surface area contributed by atoms with Crippen LogP contribution in [0.2, 0.25) is 0 Å². The number of ether oxygens (including phenoxy) is 1. The second-order valence-electron chi connectivity index (χ2n) is 2.90. The van der Waals surface area contributed by atoms with Gasteiger partial charge in [0.25, 0.3) is 0 Å². The van der Waals surface area contributed by atoms with Gasteiger partial charge in [0.15, 0.2) is 0 Å². The molecule has 5 nitrogen and oxygen atoms in total. The monoisotopic (exact) mass is 249 g/mol. The smallest absolute Gasteiger partial charge is 0.364 e. The van der Waals surface area contributed by atoms with Crippen molar-refractivity contribution in [1.82, 2.24) is 0 Å². The summed E-state index contributed by atoms with van der Waals surface area (Å²) in [6, 6.07) is 0. The van der Waals surface area contributed by atoms with E-state index >= 15 is 0 Å². The third kappa shape index (κ3) is 5.70. The average molecular weight is 250 g/mol. The Hall–Kier alpha value is -1.10. The number of Topliss-reactive ketones (excluding diaryl/α,β-unsaturated/α-hetero) is 1. The van der Waals surface area contributed by atoms with Crippen LogP contribution in [-0.4, -0.2) is 36.6 Å². The topological polar surface area (TPSA) is 65.0 Å². The molecule has 0 radical (unpaired) electrons. The highest BCUT2D eigenvalue weighted by atomic mass is 35.5. The van der Waals surface area contributed by atoms with Crippen molar-refractivity contribution in [3.8, 4) is 0 Å². The lowest BCUT2D eigenvalue weighted by Gasteiger charge is -2.03. The molecule has 0 rings (SSSR count). The average Bonchev–Trinajstić information content (AvgIpc) is 2.28. The van der Waals surface area contributed by atoms with Crippen molar-refractivity contribution in [3.05, 3.63) is 0 Å². The molecule has 6 heteroatoms. The number of alkyl halides is 1. The molecule has 0 amide bonds. The number of hydrogen-bond acceptors (Lipinski definition) is 5. The number of oxime groups is 1. The Bertz CT molecular complexity index is 266. The summed E-state index contributed by atoms with van der Waals surface area (Å²) in [7, 11) is 0. The second-order valence-corrected chi connectivity index (χ2v) is 3.17. The zero-order valence-electron chi connectivity index (χ0n) is 9.49. The van der Waals surface area contributed by atoms with Crippen molar-refractivity contribution in [2.24, 2.45) is 5.16 Å². The molecular formula is C10H16ClNO4. The Morgan fingerprint density at radius 3 is 2.50 bits per heavy atom. The second kappa shape index (κ2) is 9.15. The maximum atomic E-state index is 11.3. The highest BCUT2D eigenvalue weighted by molar-refractivity contribution is 6.67. The predicted octanol–water partition coefficient (Wildman–Crippen LogP) is 1.53. The predicted molar refractivity (Wildman–Crippen MR) is 60.7 cm³/mol. The number of ketones is 1. The van der Waals surface area contributed by atoms with E-state index in [1.165, 1.54) is 0 Å². The molecule has 0 aliphatic heterocycles. The fraction of sp³-hybridized carbons (Fsp3) is 0.700. The number of nitrogens with zero attached hydrogens (tertiary/aromatic N) is 1. The Morgan fingerprint density at radius 2 is 2.00 bits per heavy atom. The molecule has 0 aromatic heterocycles. The van der Waals surface area contributed by atoms with Gasteiger partial charge in [0.05, 0.1) is 12.5 Å². The standard InChI is InChI=1S/C10H16ClNO4/c1-3-5-6-16-12-9(8(13)7-11)10(14)15-4-2/h3-7H2,1-2H3/b12-9-. The molecule has 0 unspecified atom stereocenters. The first-order valence-corrected chi connectivity index (χ1v) is 5.67. The molecule has 92 valence electrons. The van der Waals surface area contributed by atoms with Crippen LogP contribution in [0.15, 0.2) is 5.16 Å². The largest absolute Gasteiger partial charge is 0.461 e. The Balaban J connectivity index is 4.41. The van der Waals surface area contributed by atoms with Gasteiger partial charge in [-0.1, -0.05) is 18.5 Å². The fourth-order valence-corrected chi connectivity index (χ4v) is 0.910. The lowest BCUT2D eigenvalue weighted by atomic mass is 10.3. The Labute approximate surface area is 99.7 Å². The van der Waals surface area contributed by atoms with E-state index in [-0.39, 0.29) is 18.2 Å². The molecule has 0 N–H and O–H groups in total. The maximum absolute atomic E-state index is 11.3. The lowest BCUT2D eigenvalue weighted by molar-refractivity contribution is -0.135. The normalized spacial score (nSPS) is 11.1. The van der Waals surface area contributed by atoms with Crippen molar-refractivity contribution in [1.29, 1.82) is 0 Å². The van der Waals surface area contributed by atoms with E-state index in [4.69, 9.17) is 16.4 Å². The zero-order valence-corrected chi connectivity index (χ0v) is 10.2. The molecule has 0 bridgehead atoms. The SMILES string of the molecule is CCCCO/N=C(/C(=O)CCl)C(=O)OCC. The van der Waals surface area contributed by atoms with E-state index in [2.05, 4.69) is 9.89 Å². The summed E-state index contributed by atoms with van der Waals surface area (Å²) in [5.41, 5.74) is -0.382. The van der Waals surface area contributed by atoms with Gasteiger partial charge in [0.2, 0.25) is 11.5 Å². The number of unbranched alkanes of at least 4 members (excludes halogenated alkanes) is 1. The van der Waals surface area contributed by atoms with Crippen LogP contribution in [0.4, 0.5) is 0 Å². The summed E-state index contributed by atoms with van der Waals surface area (Å²) in [4.78, 5) is 27.4. The molecule has 0 aromatic carbocycles. The summed E-state index contributed by atoms with van der Waals surface area (Å²) in [6.45, 7) is 4.15. The van der Waals surface area contributed by atoms with E-state index < -0.39 is 11.8 Å². The van der Waals surface area contributed by atoms with Gasteiger partial charge in [-0.3, -0.25) is 4.79 Å². The summed E-state index contributed by atoms with van der Waals surface area (Å²) >= 11 is 5.34. The van der Waals surface area contributed by atoms with Gasteiger partial charge in [-0.05, 0) is 13.3 Å². The van der Waals surface area contributed by atoms with Crippen LogP contribution in [0.3, 0.4) is 0 Å². The van der Waals surface area contributed by atoms with Gasteiger partial charge in [0, 0.05) is 0 Å². The number of hydrogen-bond donors (Lipinski definition) is 0. The van der Waals surface area contributed by atoms with Crippen molar-refractivity contribution < 1.29 is 19.2 Å². The van der Waals surface area contributed by atoms with Crippen LogP contribution in [0.25, 0.3) is 0 Å². The van der Waals surface area contributed by atoms with Gasteiger partial charge in [-0.2, -0.15) is 0 Å². The number of rotatable bonds is 8. The van der Waals surface area contributed by atoms with Crippen LogP contribution >= 0.6 is 11.6 Å². The van der Waals surface area contributed by atoms with Crippen LogP contribution in [-0.2, 0) is 19.2 Å². The van der Waals surface area contributed by atoms with Crippen molar-refractivity contribution in [3.63, 3.8) is 0 Å². The summed E-state index contributed by atoms with van der Waals surface area (Å²) in [6.07, 6.45) is 1.74. The number of halogens is 1. The molecule has 0 fully saturated rings. The first-order valence-electron chi connectivity index (χ1n) is 5.13. The number of carbonyl (C=O) groups excluding carboxylic acids is 2. The number of carbonyl (C=O) groups is 2. The van der Waals surface area contributed by atoms with Gasteiger partial charge in [-0.15, -0.1) is 11.6 Å². The minimum atomic E-state index is -0.801. The Morgan fingerprint density at radius 1 is 1.31 bits per heavy atom. The molecular weight excluding hydrogens is 234 g/mol. The molecule has 0 spiro atoms. The highest BCUT2D eigenvalue weighted by Gasteiger charge is 2.21. The van der Waals surface area contributed by atoms with Gasteiger partial charge >= 0.3 is 5.97 Å². The van der Waals surface area contributed by atoms with E-state index in [0.717, 1.165) is 12.8 Å². The third-order valence-electron chi connectivity index (χ3n) is 1.60. The summed E-state index contributed by atoms with van der Waals surface area (Å²) in [5.74, 6) is -1.73. The fourth-order valence-electron chi connectivity index (χ4n) is 0.784. The van der Waals surface area contributed by atoms with Crippen molar-refractivity contribution in [2.75, 3.05) is 19.1 Å². The first kappa shape index (κ1) is 14.9. The van der Waals surface area contributed by atoms with Gasteiger partial charge in [0.1, 0.15) is 6.61 Å². The van der Waals surface area contributed by atoms with Crippen LogP contribution in [0.1, 0.15) is 26.7 Å². The van der Waals surface area contributed by atoms with Crippen molar-refractivity contribution >= 4 is 29.1 Å².